The van der Waals surface area contributed by atoms with Gasteiger partial charge < -0.3 is 19.8 Å². The summed E-state index contributed by atoms with van der Waals surface area (Å²) in [7, 11) is 0. The van der Waals surface area contributed by atoms with Gasteiger partial charge in [-0.1, -0.05) is 19.3 Å². The molecule has 1 amide bonds. The van der Waals surface area contributed by atoms with E-state index in [1.807, 2.05) is 0 Å². The van der Waals surface area contributed by atoms with E-state index in [4.69, 9.17) is 9.47 Å². The quantitative estimate of drug-likeness (QED) is 0.725. The number of H-pyrrole nitrogens is 1. The highest BCUT2D eigenvalue weighted by atomic mass is 16.5. The Labute approximate surface area is 153 Å². The lowest BCUT2D eigenvalue weighted by Crippen LogP contribution is -2.33. The van der Waals surface area contributed by atoms with E-state index < -0.39 is 11.9 Å². The highest BCUT2D eigenvalue weighted by molar-refractivity contribution is 5.99. The van der Waals surface area contributed by atoms with Gasteiger partial charge in [-0.2, -0.15) is 0 Å². The van der Waals surface area contributed by atoms with Crippen LogP contribution < -0.4 is 5.32 Å². The Kier molecular flexibility index (Phi) is 7.24. The summed E-state index contributed by atoms with van der Waals surface area (Å²) in [5.74, 6) is -0.934. The van der Waals surface area contributed by atoms with E-state index in [-0.39, 0.29) is 24.8 Å². The number of ether oxygens (including phenoxy) is 2. The molecule has 2 rings (SSSR count). The number of aryl methyl sites for hydroxylation is 1. The van der Waals surface area contributed by atoms with Crippen LogP contribution in [0.1, 0.15) is 71.1 Å². The van der Waals surface area contributed by atoms with Crippen LogP contribution in [0.2, 0.25) is 0 Å². The Bertz CT molecular complexity index is 659. The molecule has 0 aromatic carbocycles. The molecule has 2 N–H and O–H groups in total. The van der Waals surface area contributed by atoms with Crippen LogP contribution in [0, 0.1) is 19.8 Å². The van der Waals surface area contributed by atoms with Crippen molar-refractivity contribution in [3.8, 4) is 0 Å². The molecule has 7 nitrogen and oxygen atoms in total. The highest BCUT2D eigenvalue weighted by Crippen LogP contribution is 2.23. The number of aromatic amines is 1. The Hall–Kier alpha value is -2.31. The number of hydrogen-bond donors (Lipinski definition) is 2. The number of carbonyl (C=O) groups excluding carboxylic acids is 3. The number of aromatic nitrogens is 1. The maximum absolute atomic E-state index is 12.2. The van der Waals surface area contributed by atoms with Crippen LogP contribution in [0.3, 0.4) is 0 Å². The third-order valence-electron chi connectivity index (χ3n) is 4.77. The van der Waals surface area contributed by atoms with E-state index in [2.05, 4.69) is 10.3 Å². The van der Waals surface area contributed by atoms with Crippen molar-refractivity contribution in [2.24, 2.45) is 5.92 Å². The summed E-state index contributed by atoms with van der Waals surface area (Å²) in [5.41, 5.74) is 1.51. The van der Waals surface area contributed by atoms with Gasteiger partial charge in [-0.05, 0) is 45.1 Å². The molecule has 26 heavy (non-hydrogen) atoms. The predicted molar refractivity (Wildman–Crippen MR) is 96.1 cm³/mol. The lowest BCUT2D eigenvalue weighted by atomic mass is 9.89. The molecule has 1 aliphatic rings. The molecule has 0 radical (unpaired) electrons. The lowest BCUT2D eigenvalue weighted by Gasteiger charge is -2.21. The number of rotatable bonds is 7. The van der Waals surface area contributed by atoms with Gasteiger partial charge in [0.05, 0.1) is 12.2 Å². The summed E-state index contributed by atoms with van der Waals surface area (Å²) in [4.78, 5) is 39.0. The molecule has 0 bridgehead atoms. The van der Waals surface area contributed by atoms with E-state index in [0.717, 1.165) is 12.8 Å². The third kappa shape index (κ3) is 5.09. The van der Waals surface area contributed by atoms with Gasteiger partial charge in [0.15, 0.2) is 6.61 Å². The van der Waals surface area contributed by atoms with Crippen LogP contribution in [0.15, 0.2) is 0 Å². The van der Waals surface area contributed by atoms with E-state index in [1.165, 1.54) is 19.3 Å². The first kappa shape index (κ1) is 20.0. The molecular formula is C19H28N2O5. The Balaban J connectivity index is 1.86. The van der Waals surface area contributed by atoms with Crippen LogP contribution in [0.4, 0.5) is 0 Å². The predicted octanol–water partition coefficient (Wildman–Crippen LogP) is 2.66. The van der Waals surface area contributed by atoms with E-state index >= 15 is 0 Å². The van der Waals surface area contributed by atoms with Crippen molar-refractivity contribution in [1.29, 1.82) is 0 Å². The molecule has 7 heteroatoms. The SMILES string of the molecule is CCOC(=O)c1c(C)[nH]c(C(=O)OCC(=O)NCC2CCCCC2)c1C. The van der Waals surface area contributed by atoms with Crippen molar-refractivity contribution in [2.45, 2.75) is 52.9 Å². The second-order valence-corrected chi connectivity index (χ2v) is 6.73. The molecule has 144 valence electrons. The van der Waals surface area contributed by atoms with Gasteiger partial charge >= 0.3 is 11.9 Å². The molecule has 1 aromatic heterocycles. The van der Waals surface area contributed by atoms with Crippen LogP contribution in [-0.4, -0.2) is 42.6 Å². The van der Waals surface area contributed by atoms with Crippen molar-refractivity contribution in [3.63, 3.8) is 0 Å². The minimum atomic E-state index is -0.658. The topological polar surface area (TPSA) is 97.5 Å². The summed E-state index contributed by atoms with van der Waals surface area (Å²) in [5, 5.41) is 2.82. The van der Waals surface area contributed by atoms with Gasteiger partial charge in [0.1, 0.15) is 5.69 Å². The van der Waals surface area contributed by atoms with Crippen molar-refractivity contribution >= 4 is 17.8 Å². The fourth-order valence-corrected chi connectivity index (χ4v) is 3.37. The first-order chi connectivity index (χ1) is 12.4. The van der Waals surface area contributed by atoms with Crippen molar-refractivity contribution in [3.05, 3.63) is 22.5 Å². The van der Waals surface area contributed by atoms with Crippen molar-refractivity contribution in [1.82, 2.24) is 10.3 Å². The molecule has 1 heterocycles. The molecule has 0 aliphatic heterocycles. The molecule has 0 unspecified atom stereocenters. The van der Waals surface area contributed by atoms with Crippen LogP contribution >= 0.6 is 0 Å². The largest absolute Gasteiger partial charge is 0.462 e. The van der Waals surface area contributed by atoms with Crippen LogP contribution in [-0.2, 0) is 14.3 Å². The maximum atomic E-state index is 12.2. The number of esters is 2. The fraction of sp³-hybridized carbons (Fsp3) is 0.632. The standard InChI is InChI=1S/C19H28N2O5/c1-4-25-18(23)16-12(2)17(21-13(16)3)19(24)26-11-15(22)20-10-14-8-6-5-7-9-14/h14,21H,4-11H2,1-3H3,(H,20,22). The molecule has 0 saturated heterocycles. The fourth-order valence-electron chi connectivity index (χ4n) is 3.37. The lowest BCUT2D eigenvalue weighted by molar-refractivity contribution is -0.124. The normalized spacial score (nSPS) is 14.7. The summed E-state index contributed by atoms with van der Waals surface area (Å²) >= 11 is 0. The zero-order valence-electron chi connectivity index (χ0n) is 15.8. The zero-order chi connectivity index (χ0) is 19.1. The summed E-state index contributed by atoms with van der Waals surface area (Å²) in [6, 6.07) is 0. The second-order valence-electron chi connectivity index (χ2n) is 6.73. The minimum absolute atomic E-state index is 0.172. The molecule has 0 atom stereocenters. The molecule has 1 aliphatic carbocycles. The molecule has 1 saturated carbocycles. The van der Waals surface area contributed by atoms with Gasteiger partial charge in [0.25, 0.3) is 5.91 Å². The number of nitrogens with one attached hydrogen (secondary N) is 2. The molecule has 0 spiro atoms. The zero-order valence-corrected chi connectivity index (χ0v) is 15.8. The Morgan fingerprint density at radius 2 is 1.77 bits per heavy atom. The van der Waals surface area contributed by atoms with Gasteiger partial charge in [-0.15, -0.1) is 0 Å². The van der Waals surface area contributed by atoms with Crippen molar-refractivity contribution < 1.29 is 23.9 Å². The average molecular weight is 364 g/mol. The van der Waals surface area contributed by atoms with Gasteiger partial charge in [0.2, 0.25) is 0 Å². The number of hydrogen-bond acceptors (Lipinski definition) is 5. The minimum Gasteiger partial charge on any atom is -0.462 e. The molecule has 1 fully saturated rings. The molecule has 1 aromatic rings. The van der Waals surface area contributed by atoms with Gasteiger partial charge in [-0.25, -0.2) is 9.59 Å². The number of amides is 1. The summed E-state index contributed by atoms with van der Waals surface area (Å²) < 4.78 is 10.1. The second kappa shape index (κ2) is 9.40. The summed E-state index contributed by atoms with van der Waals surface area (Å²) in [6.07, 6.45) is 5.97. The molecular weight excluding hydrogens is 336 g/mol. The van der Waals surface area contributed by atoms with Crippen LogP contribution in [0.25, 0.3) is 0 Å². The third-order valence-corrected chi connectivity index (χ3v) is 4.77. The first-order valence-corrected chi connectivity index (χ1v) is 9.24. The average Bonchev–Trinajstić information content (AvgIpc) is 2.93. The first-order valence-electron chi connectivity index (χ1n) is 9.24. The van der Waals surface area contributed by atoms with E-state index in [9.17, 15) is 14.4 Å². The summed E-state index contributed by atoms with van der Waals surface area (Å²) in [6.45, 7) is 5.60. The van der Waals surface area contributed by atoms with E-state index in [1.54, 1.807) is 20.8 Å². The van der Waals surface area contributed by atoms with Gasteiger partial charge in [0, 0.05) is 12.2 Å². The smallest absolute Gasteiger partial charge is 0.355 e. The van der Waals surface area contributed by atoms with Crippen LogP contribution in [0.5, 0.6) is 0 Å². The van der Waals surface area contributed by atoms with Crippen molar-refractivity contribution in [2.75, 3.05) is 19.8 Å². The maximum Gasteiger partial charge on any atom is 0.355 e. The Morgan fingerprint density at radius 1 is 1.08 bits per heavy atom. The number of carbonyl (C=O) groups is 3. The monoisotopic (exact) mass is 364 g/mol. The van der Waals surface area contributed by atoms with Gasteiger partial charge in [-0.3, -0.25) is 4.79 Å². The highest BCUT2D eigenvalue weighted by Gasteiger charge is 2.24. The van der Waals surface area contributed by atoms with E-state index in [0.29, 0.717) is 29.3 Å². The Morgan fingerprint density at radius 3 is 2.42 bits per heavy atom.